The van der Waals surface area contributed by atoms with Crippen LogP contribution in [0.2, 0.25) is 0 Å². The Balaban J connectivity index is 2.31. The second kappa shape index (κ2) is 1.00. The molecule has 0 saturated carbocycles. The molecule has 1 aliphatic rings. The molecule has 0 atom stereocenters. The van der Waals surface area contributed by atoms with E-state index in [1.54, 1.807) is 6.26 Å². The summed E-state index contributed by atoms with van der Waals surface area (Å²) in [6.07, 6.45) is 1.78. The maximum absolute atomic E-state index is 4.76. The first-order valence-electron chi connectivity index (χ1n) is 2.17. The average Bonchev–Trinajstić information content (AvgIpc) is 2.06. The van der Waals surface area contributed by atoms with Gasteiger partial charge >= 0.3 is 0 Å². The molecule has 1 nitrogen and oxygen atoms in total. The Morgan fingerprint density at radius 3 is 2.17 bits per heavy atom. The minimum atomic E-state index is 0.602. The van der Waals surface area contributed by atoms with Gasteiger partial charge in [-0.05, 0) is 0 Å². The quantitative estimate of drug-likeness (QED) is 0.469. The molecule has 0 aromatic heterocycles. The van der Waals surface area contributed by atoms with Crippen molar-refractivity contribution in [2.45, 2.75) is 13.8 Å². The zero-order chi connectivity index (χ0) is 4.57. The lowest BCUT2D eigenvalue weighted by Gasteiger charge is -1.86. The summed E-state index contributed by atoms with van der Waals surface area (Å²) >= 11 is 0. The first-order valence-corrected chi connectivity index (χ1v) is 2.17. The van der Waals surface area contributed by atoms with Crippen LogP contribution >= 0.6 is 0 Å². The van der Waals surface area contributed by atoms with Gasteiger partial charge in [0.1, 0.15) is 12.0 Å². The number of rotatable bonds is 1. The van der Waals surface area contributed by atoms with Gasteiger partial charge in [-0.25, -0.2) is 0 Å². The Kier molecular flexibility index (Phi) is 0.621. The van der Waals surface area contributed by atoms with Gasteiger partial charge in [0.15, 0.2) is 0 Å². The van der Waals surface area contributed by atoms with Crippen molar-refractivity contribution in [3.8, 4) is 0 Å². The maximum atomic E-state index is 4.76. The molecule has 1 rings (SSSR count). The fraction of sp³-hybridized carbons (Fsp3) is 0.600. The second-order valence-electron chi connectivity index (χ2n) is 1.79. The van der Waals surface area contributed by atoms with Crippen molar-refractivity contribution in [1.82, 2.24) is 0 Å². The lowest BCUT2D eigenvalue weighted by atomic mass is 10.2. The molecule has 6 heavy (non-hydrogen) atoms. The smallest absolute Gasteiger partial charge is 0.141 e. The van der Waals surface area contributed by atoms with Gasteiger partial charge in [0, 0.05) is 5.92 Å². The summed E-state index contributed by atoms with van der Waals surface area (Å²) in [7, 11) is 0. The highest BCUT2D eigenvalue weighted by molar-refractivity contribution is 5.04. The minimum Gasteiger partial charge on any atom is -0.462 e. The number of hydrogen-bond donors (Lipinski definition) is 0. The summed E-state index contributed by atoms with van der Waals surface area (Å²) in [4.78, 5) is 0. The van der Waals surface area contributed by atoms with Gasteiger partial charge in [-0.3, -0.25) is 0 Å². The highest BCUT2D eigenvalue weighted by atomic mass is 16.5. The van der Waals surface area contributed by atoms with Crippen molar-refractivity contribution in [3.63, 3.8) is 0 Å². The lowest BCUT2D eigenvalue weighted by molar-refractivity contribution is 0.449. The van der Waals surface area contributed by atoms with E-state index >= 15 is 0 Å². The first-order chi connectivity index (χ1) is 2.80. The molecule has 0 radical (unpaired) electrons. The van der Waals surface area contributed by atoms with Crippen LogP contribution in [0.5, 0.6) is 0 Å². The van der Waals surface area contributed by atoms with Crippen LogP contribution in [-0.4, -0.2) is 0 Å². The lowest BCUT2D eigenvalue weighted by Crippen LogP contribution is -1.78. The molecule has 1 aliphatic heterocycles. The second-order valence-corrected chi connectivity index (χ2v) is 1.79. The number of ether oxygens (including phenoxy) is 1. The van der Waals surface area contributed by atoms with Crippen molar-refractivity contribution in [1.29, 1.82) is 0 Å². The largest absolute Gasteiger partial charge is 0.462 e. The van der Waals surface area contributed by atoms with E-state index < -0.39 is 0 Å². The SMILES string of the molecule is CC(C)C1=CO1. The van der Waals surface area contributed by atoms with Gasteiger partial charge < -0.3 is 4.74 Å². The Morgan fingerprint density at radius 2 is 2.17 bits per heavy atom. The normalized spacial score (nSPS) is 16.8. The van der Waals surface area contributed by atoms with E-state index in [2.05, 4.69) is 13.8 Å². The van der Waals surface area contributed by atoms with Gasteiger partial charge in [0.2, 0.25) is 0 Å². The topological polar surface area (TPSA) is 12.5 Å². The van der Waals surface area contributed by atoms with Gasteiger partial charge in [-0.2, -0.15) is 0 Å². The number of allylic oxidation sites excluding steroid dienone is 1. The third-order valence-corrected chi connectivity index (χ3v) is 0.823. The predicted molar refractivity (Wildman–Crippen MR) is 24.0 cm³/mol. The molecule has 0 N–H and O–H groups in total. The van der Waals surface area contributed by atoms with Crippen molar-refractivity contribution in [3.05, 3.63) is 12.0 Å². The summed E-state index contributed by atoms with van der Waals surface area (Å²) in [6, 6.07) is 0. The highest BCUT2D eigenvalue weighted by Gasteiger charge is 2.12. The Morgan fingerprint density at radius 1 is 1.67 bits per heavy atom. The van der Waals surface area contributed by atoms with Crippen LogP contribution in [-0.2, 0) is 4.74 Å². The van der Waals surface area contributed by atoms with Crippen molar-refractivity contribution in [2.75, 3.05) is 0 Å². The van der Waals surface area contributed by atoms with Gasteiger partial charge in [-0.15, -0.1) is 0 Å². The summed E-state index contributed by atoms with van der Waals surface area (Å²) in [5.41, 5.74) is 0. The van der Waals surface area contributed by atoms with Gasteiger partial charge in [0.25, 0.3) is 0 Å². The van der Waals surface area contributed by atoms with Crippen LogP contribution in [0.15, 0.2) is 12.0 Å². The fourth-order valence-electron chi connectivity index (χ4n) is 0.306. The maximum Gasteiger partial charge on any atom is 0.141 e. The molecular formula is C5H8O. The summed E-state index contributed by atoms with van der Waals surface area (Å²) < 4.78 is 4.76. The van der Waals surface area contributed by atoms with Crippen LogP contribution < -0.4 is 0 Å². The Hall–Kier alpha value is -0.460. The molecule has 0 aromatic carbocycles. The van der Waals surface area contributed by atoms with E-state index in [1.165, 1.54) is 0 Å². The first kappa shape index (κ1) is 3.72. The molecule has 1 heteroatoms. The molecule has 0 amide bonds. The molecule has 0 aromatic rings. The molecular weight excluding hydrogens is 76.1 g/mol. The van der Waals surface area contributed by atoms with E-state index in [0.29, 0.717) is 5.92 Å². The van der Waals surface area contributed by atoms with Gasteiger partial charge in [-0.1, -0.05) is 13.8 Å². The van der Waals surface area contributed by atoms with Crippen molar-refractivity contribution in [2.24, 2.45) is 5.92 Å². The van der Waals surface area contributed by atoms with Crippen molar-refractivity contribution >= 4 is 0 Å². The van der Waals surface area contributed by atoms with Gasteiger partial charge in [0.05, 0.1) is 0 Å². The van der Waals surface area contributed by atoms with Crippen LogP contribution in [0.3, 0.4) is 0 Å². The van der Waals surface area contributed by atoms with E-state index in [9.17, 15) is 0 Å². The Labute approximate surface area is 37.6 Å². The molecule has 0 saturated heterocycles. The van der Waals surface area contributed by atoms with Crippen LogP contribution in [0.25, 0.3) is 0 Å². The monoisotopic (exact) mass is 84.1 g/mol. The minimum absolute atomic E-state index is 0.602. The molecule has 0 spiro atoms. The highest BCUT2D eigenvalue weighted by Crippen LogP contribution is 2.21. The summed E-state index contributed by atoms with van der Waals surface area (Å²) in [5.74, 6) is 1.74. The molecule has 1 heterocycles. The van der Waals surface area contributed by atoms with E-state index in [4.69, 9.17) is 4.74 Å². The van der Waals surface area contributed by atoms with Crippen LogP contribution in [0.1, 0.15) is 13.8 Å². The molecule has 0 aliphatic carbocycles. The zero-order valence-electron chi connectivity index (χ0n) is 4.06. The van der Waals surface area contributed by atoms with E-state index in [0.717, 1.165) is 5.76 Å². The molecule has 0 fully saturated rings. The van der Waals surface area contributed by atoms with Crippen LogP contribution in [0.4, 0.5) is 0 Å². The third-order valence-electron chi connectivity index (χ3n) is 0.823. The molecule has 34 valence electrons. The standard InChI is InChI=1S/C5H8O/c1-4(2)5-3-6-5/h3-4H,1-2H3. The molecule has 0 bridgehead atoms. The van der Waals surface area contributed by atoms with E-state index in [1.807, 2.05) is 0 Å². The summed E-state index contributed by atoms with van der Waals surface area (Å²) in [5, 5.41) is 0. The Bertz CT molecular complexity index is 81.9. The number of hydrogen-bond acceptors (Lipinski definition) is 1. The van der Waals surface area contributed by atoms with E-state index in [-0.39, 0.29) is 0 Å². The fourth-order valence-corrected chi connectivity index (χ4v) is 0.306. The van der Waals surface area contributed by atoms with Crippen molar-refractivity contribution < 1.29 is 4.74 Å². The average molecular weight is 84.1 g/mol. The zero-order valence-corrected chi connectivity index (χ0v) is 4.06. The third kappa shape index (κ3) is 0.534. The summed E-state index contributed by atoms with van der Waals surface area (Å²) in [6.45, 7) is 4.22. The predicted octanol–water partition coefficient (Wildman–Crippen LogP) is 1.51. The van der Waals surface area contributed by atoms with Crippen LogP contribution in [0, 0.1) is 5.92 Å². The molecule has 0 unspecified atom stereocenters.